The van der Waals surface area contributed by atoms with Crippen LogP contribution < -0.4 is 4.74 Å². The summed E-state index contributed by atoms with van der Waals surface area (Å²) in [7, 11) is 1.34. The van der Waals surface area contributed by atoms with Crippen molar-refractivity contribution < 1.29 is 18.7 Å². The van der Waals surface area contributed by atoms with Crippen molar-refractivity contribution in [2.75, 3.05) is 7.11 Å². The molecule has 108 valence electrons. The third-order valence-corrected chi connectivity index (χ3v) is 3.75. The molecule has 1 aliphatic heterocycles. The van der Waals surface area contributed by atoms with Gasteiger partial charge in [-0.15, -0.1) is 0 Å². The highest BCUT2D eigenvalue weighted by Crippen LogP contribution is 2.39. The lowest BCUT2D eigenvalue weighted by atomic mass is 10.0. The molecule has 0 aliphatic carbocycles. The predicted octanol–water partition coefficient (Wildman–Crippen LogP) is 3.94. The van der Waals surface area contributed by atoms with E-state index < -0.39 is 11.8 Å². The van der Waals surface area contributed by atoms with E-state index in [1.807, 2.05) is 6.07 Å². The standard InChI is InChI=1S/C16H12ClFO3/c1-20-16(19)10-4-2-3-9(5-10)14-7-11-6-12(17)13(18)8-15(11)21-14/h2-6,8,14H,7H2,1H3. The Morgan fingerprint density at radius 1 is 1.38 bits per heavy atom. The Morgan fingerprint density at radius 3 is 2.95 bits per heavy atom. The number of ether oxygens (including phenoxy) is 2. The smallest absolute Gasteiger partial charge is 0.337 e. The van der Waals surface area contributed by atoms with Crippen LogP contribution in [0.3, 0.4) is 0 Å². The zero-order chi connectivity index (χ0) is 15.0. The molecule has 1 heterocycles. The summed E-state index contributed by atoms with van der Waals surface area (Å²) in [6.45, 7) is 0. The maximum atomic E-state index is 13.4. The third kappa shape index (κ3) is 2.59. The van der Waals surface area contributed by atoms with Gasteiger partial charge >= 0.3 is 5.97 Å². The van der Waals surface area contributed by atoms with Crippen LogP contribution in [0.15, 0.2) is 36.4 Å². The van der Waals surface area contributed by atoms with Gasteiger partial charge in [0.15, 0.2) is 0 Å². The van der Waals surface area contributed by atoms with Gasteiger partial charge in [0.1, 0.15) is 17.7 Å². The normalized spacial score (nSPS) is 16.2. The van der Waals surface area contributed by atoms with E-state index >= 15 is 0 Å². The van der Waals surface area contributed by atoms with E-state index in [-0.39, 0.29) is 11.1 Å². The van der Waals surface area contributed by atoms with Gasteiger partial charge in [-0.2, -0.15) is 0 Å². The Morgan fingerprint density at radius 2 is 2.19 bits per heavy atom. The topological polar surface area (TPSA) is 35.5 Å². The molecule has 1 aliphatic rings. The van der Waals surface area contributed by atoms with Crippen molar-refractivity contribution >= 4 is 17.6 Å². The summed E-state index contributed by atoms with van der Waals surface area (Å²) >= 11 is 5.78. The maximum Gasteiger partial charge on any atom is 0.337 e. The Labute approximate surface area is 126 Å². The molecule has 0 N–H and O–H groups in total. The molecule has 3 rings (SSSR count). The summed E-state index contributed by atoms with van der Waals surface area (Å²) < 4.78 is 23.9. The zero-order valence-electron chi connectivity index (χ0n) is 11.2. The quantitative estimate of drug-likeness (QED) is 0.788. The molecule has 0 amide bonds. The van der Waals surface area contributed by atoms with E-state index in [9.17, 15) is 9.18 Å². The van der Waals surface area contributed by atoms with Gasteiger partial charge in [0.05, 0.1) is 17.7 Å². The SMILES string of the molecule is COC(=O)c1cccc(C2Cc3cc(Cl)c(F)cc3O2)c1. The lowest BCUT2D eigenvalue weighted by Gasteiger charge is -2.12. The Balaban J connectivity index is 1.89. The summed E-state index contributed by atoms with van der Waals surface area (Å²) in [5, 5.41) is 0.0845. The van der Waals surface area contributed by atoms with Crippen molar-refractivity contribution in [3.63, 3.8) is 0 Å². The second kappa shape index (κ2) is 5.37. The van der Waals surface area contributed by atoms with Gasteiger partial charge in [0, 0.05) is 12.5 Å². The Hall–Kier alpha value is -2.07. The van der Waals surface area contributed by atoms with Crippen molar-refractivity contribution in [2.45, 2.75) is 12.5 Å². The average Bonchev–Trinajstić information content (AvgIpc) is 2.90. The van der Waals surface area contributed by atoms with Gasteiger partial charge in [0.25, 0.3) is 0 Å². The first-order valence-corrected chi connectivity index (χ1v) is 6.79. The van der Waals surface area contributed by atoms with E-state index in [0.717, 1.165) is 11.1 Å². The lowest BCUT2D eigenvalue weighted by Crippen LogP contribution is -2.06. The number of carbonyl (C=O) groups is 1. The third-order valence-electron chi connectivity index (χ3n) is 3.46. The van der Waals surface area contributed by atoms with Crippen molar-refractivity contribution in [3.05, 3.63) is 63.9 Å². The van der Waals surface area contributed by atoms with Crippen LogP contribution >= 0.6 is 11.6 Å². The molecule has 5 heteroatoms. The first kappa shape index (κ1) is 13.9. The number of rotatable bonds is 2. The monoisotopic (exact) mass is 306 g/mol. The van der Waals surface area contributed by atoms with Gasteiger partial charge in [-0.1, -0.05) is 23.7 Å². The number of hydrogen-bond acceptors (Lipinski definition) is 3. The highest BCUT2D eigenvalue weighted by molar-refractivity contribution is 6.30. The average molecular weight is 307 g/mol. The first-order chi connectivity index (χ1) is 10.1. The molecule has 3 nitrogen and oxygen atoms in total. The van der Waals surface area contributed by atoms with Gasteiger partial charge in [0.2, 0.25) is 0 Å². The predicted molar refractivity (Wildman–Crippen MR) is 76.3 cm³/mol. The van der Waals surface area contributed by atoms with E-state index in [2.05, 4.69) is 0 Å². The van der Waals surface area contributed by atoms with Gasteiger partial charge in [-0.25, -0.2) is 9.18 Å². The summed E-state index contributed by atoms with van der Waals surface area (Å²) in [5.74, 6) is -0.411. The largest absolute Gasteiger partial charge is 0.485 e. The van der Waals surface area contributed by atoms with Gasteiger partial charge in [-0.3, -0.25) is 0 Å². The minimum absolute atomic E-state index is 0.0845. The molecule has 2 aromatic rings. The van der Waals surface area contributed by atoms with Gasteiger partial charge < -0.3 is 9.47 Å². The Kier molecular flexibility index (Phi) is 3.55. The highest BCUT2D eigenvalue weighted by Gasteiger charge is 2.26. The molecule has 1 atom stereocenters. The molecule has 21 heavy (non-hydrogen) atoms. The van der Waals surface area contributed by atoms with E-state index in [1.165, 1.54) is 13.2 Å². The molecule has 1 unspecified atom stereocenters. The number of carbonyl (C=O) groups excluding carboxylic acids is 1. The summed E-state index contributed by atoms with van der Waals surface area (Å²) in [6.07, 6.45) is 0.322. The molecule has 2 aromatic carbocycles. The highest BCUT2D eigenvalue weighted by atomic mass is 35.5. The van der Waals surface area contributed by atoms with Crippen LogP contribution in [0.5, 0.6) is 5.75 Å². The number of halogens is 2. The summed E-state index contributed by atoms with van der Waals surface area (Å²) in [6, 6.07) is 9.90. The molecular weight excluding hydrogens is 295 g/mol. The van der Waals surface area contributed by atoms with Gasteiger partial charge in [-0.05, 0) is 29.3 Å². The Bertz CT molecular complexity index is 684. The van der Waals surface area contributed by atoms with E-state index in [0.29, 0.717) is 17.7 Å². The molecule has 0 aromatic heterocycles. The van der Waals surface area contributed by atoms with Crippen LogP contribution in [0.2, 0.25) is 5.02 Å². The lowest BCUT2D eigenvalue weighted by molar-refractivity contribution is 0.0600. The molecule has 0 fully saturated rings. The fourth-order valence-electron chi connectivity index (χ4n) is 2.40. The molecule has 0 saturated carbocycles. The number of benzene rings is 2. The van der Waals surface area contributed by atoms with Crippen LogP contribution in [-0.4, -0.2) is 13.1 Å². The van der Waals surface area contributed by atoms with Crippen molar-refractivity contribution in [3.8, 4) is 5.75 Å². The molecular formula is C16H12ClFO3. The van der Waals surface area contributed by atoms with Crippen LogP contribution in [0.4, 0.5) is 4.39 Å². The minimum Gasteiger partial charge on any atom is -0.485 e. The number of fused-ring (bicyclic) bond motifs is 1. The van der Waals surface area contributed by atoms with E-state index in [1.54, 1.807) is 24.3 Å². The molecule has 0 saturated heterocycles. The van der Waals surface area contributed by atoms with E-state index in [4.69, 9.17) is 21.1 Å². The summed E-state index contributed by atoms with van der Waals surface area (Å²) in [4.78, 5) is 11.6. The zero-order valence-corrected chi connectivity index (χ0v) is 12.0. The van der Waals surface area contributed by atoms with Crippen LogP contribution in [0, 0.1) is 5.82 Å². The number of methoxy groups -OCH3 is 1. The fourth-order valence-corrected chi connectivity index (χ4v) is 2.59. The summed E-state index contributed by atoms with van der Waals surface area (Å²) in [5.41, 5.74) is 2.15. The second-order valence-corrected chi connectivity index (χ2v) is 5.21. The minimum atomic E-state index is -0.501. The number of esters is 1. The second-order valence-electron chi connectivity index (χ2n) is 4.80. The van der Waals surface area contributed by atoms with Crippen LogP contribution in [0.1, 0.15) is 27.6 Å². The number of hydrogen-bond donors (Lipinski definition) is 0. The van der Waals surface area contributed by atoms with Crippen molar-refractivity contribution in [1.82, 2.24) is 0 Å². The van der Waals surface area contributed by atoms with Crippen LogP contribution in [0.25, 0.3) is 0 Å². The molecule has 0 radical (unpaired) electrons. The first-order valence-electron chi connectivity index (χ1n) is 6.41. The molecule has 0 spiro atoms. The maximum absolute atomic E-state index is 13.4. The fraction of sp³-hybridized carbons (Fsp3) is 0.188. The van der Waals surface area contributed by atoms with Crippen LogP contribution in [-0.2, 0) is 11.2 Å². The van der Waals surface area contributed by atoms with Crippen molar-refractivity contribution in [2.24, 2.45) is 0 Å². The molecule has 0 bridgehead atoms. The van der Waals surface area contributed by atoms with Crippen molar-refractivity contribution in [1.29, 1.82) is 0 Å².